The Bertz CT molecular complexity index is 864. The second-order valence-electron chi connectivity index (χ2n) is 7.46. The van der Waals surface area contributed by atoms with E-state index in [0.29, 0.717) is 12.5 Å². The molecule has 1 atom stereocenters. The van der Waals surface area contributed by atoms with Crippen molar-refractivity contribution in [3.05, 3.63) is 27.1 Å². The maximum Gasteiger partial charge on any atom is 0.262 e. The Morgan fingerprint density at radius 3 is 2.84 bits per heavy atom. The fourth-order valence-electron chi connectivity index (χ4n) is 4.18. The highest BCUT2D eigenvalue weighted by Crippen LogP contribution is 2.36. The Hall–Kier alpha value is -1.73. The molecule has 0 radical (unpaired) electrons. The van der Waals surface area contributed by atoms with Crippen molar-refractivity contribution in [2.75, 3.05) is 19.6 Å². The molecule has 2 aromatic heterocycles. The van der Waals surface area contributed by atoms with Crippen LogP contribution in [-0.4, -0.2) is 40.0 Å². The number of carbonyl (C=O) groups excluding carboxylic acids is 1. The van der Waals surface area contributed by atoms with Gasteiger partial charge in [0.15, 0.2) is 0 Å². The monoisotopic (exact) mass is 360 g/mol. The maximum atomic E-state index is 13.1. The number of hydrogen-bond donors (Lipinski definition) is 1. The summed E-state index contributed by atoms with van der Waals surface area (Å²) in [5.41, 5.74) is 6.64. The van der Waals surface area contributed by atoms with Crippen molar-refractivity contribution in [1.82, 2.24) is 14.5 Å². The largest absolute Gasteiger partial charge is 0.369 e. The number of primary amides is 1. The average molecular weight is 360 g/mol. The van der Waals surface area contributed by atoms with E-state index in [1.807, 2.05) is 4.57 Å². The van der Waals surface area contributed by atoms with Crippen LogP contribution in [0.4, 0.5) is 0 Å². The van der Waals surface area contributed by atoms with E-state index in [-0.39, 0.29) is 17.5 Å². The van der Waals surface area contributed by atoms with Crippen molar-refractivity contribution in [1.29, 1.82) is 0 Å². The van der Waals surface area contributed by atoms with Gasteiger partial charge >= 0.3 is 0 Å². The van der Waals surface area contributed by atoms with Gasteiger partial charge in [-0.3, -0.25) is 19.1 Å². The highest BCUT2D eigenvalue weighted by Gasteiger charge is 2.26. The molecule has 0 aromatic carbocycles. The number of nitrogens with two attached hydrogens (primary N) is 1. The van der Waals surface area contributed by atoms with Gasteiger partial charge in [0, 0.05) is 24.0 Å². The van der Waals surface area contributed by atoms with E-state index in [1.54, 1.807) is 17.7 Å². The lowest BCUT2D eigenvalue weighted by Crippen LogP contribution is -2.41. The van der Waals surface area contributed by atoms with Gasteiger partial charge in [-0.2, -0.15) is 0 Å². The SMILES string of the molecule is CC1CCc2c(sc3ncn(C4CCN(CC(N)=O)CC4)c(=O)c23)C1. The highest BCUT2D eigenvalue weighted by atomic mass is 32.1. The lowest BCUT2D eigenvalue weighted by atomic mass is 9.89. The summed E-state index contributed by atoms with van der Waals surface area (Å²) < 4.78 is 1.83. The predicted octanol–water partition coefficient (Wildman–Crippen LogP) is 1.70. The van der Waals surface area contributed by atoms with Gasteiger partial charge in [0.1, 0.15) is 4.83 Å². The molecule has 0 spiro atoms. The van der Waals surface area contributed by atoms with Crippen LogP contribution in [-0.2, 0) is 17.6 Å². The molecular formula is C18H24N4O2S. The van der Waals surface area contributed by atoms with Gasteiger partial charge in [-0.15, -0.1) is 11.3 Å². The number of amides is 1. The lowest BCUT2D eigenvalue weighted by Gasteiger charge is -2.31. The van der Waals surface area contributed by atoms with Gasteiger partial charge in [0.2, 0.25) is 5.91 Å². The number of piperidine rings is 1. The first-order valence-corrected chi connectivity index (χ1v) is 9.86. The van der Waals surface area contributed by atoms with Gasteiger partial charge < -0.3 is 5.73 Å². The fraction of sp³-hybridized carbons (Fsp3) is 0.611. The van der Waals surface area contributed by atoms with Crippen molar-refractivity contribution < 1.29 is 4.79 Å². The molecular weight excluding hydrogens is 336 g/mol. The minimum atomic E-state index is -0.294. The van der Waals surface area contributed by atoms with Gasteiger partial charge in [-0.1, -0.05) is 6.92 Å². The maximum absolute atomic E-state index is 13.1. The summed E-state index contributed by atoms with van der Waals surface area (Å²) in [6.07, 6.45) is 6.65. The molecule has 1 amide bonds. The van der Waals surface area contributed by atoms with Crippen LogP contribution < -0.4 is 11.3 Å². The Balaban J connectivity index is 1.62. The minimum Gasteiger partial charge on any atom is -0.369 e. The summed E-state index contributed by atoms with van der Waals surface area (Å²) in [7, 11) is 0. The molecule has 1 unspecified atom stereocenters. The third kappa shape index (κ3) is 3.11. The Morgan fingerprint density at radius 2 is 2.12 bits per heavy atom. The molecule has 3 heterocycles. The van der Waals surface area contributed by atoms with Crippen LogP contribution in [0, 0.1) is 5.92 Å². The van der Waals surface area contributed by atoms with Crippen molar-refractivity contribution in [3.63, 3.8) is 0 Å². The van der Waals surface area contributed by atoms with Crippen LogP contribution in [0.15, 0.2) is 11.1 Å². The number of carbonyl (C=O) groups is 1. The molecule has 7 heteroatoms. The molecule has 25 heavy (non-hydrogen) atoms. The van der Waals surface area contributed by atoms with Crippen LogP contribution in [0.25, 0.3) is 10.2 Å². The molecule has 2 aliphatic rings. The van der Waals surface area contributed by atoms with Crippen molar-refractivity contribution in [2.24, 2.45) is 11.7 Å². The summed E-state index contributed by atoms with van der Waals surface area (Å²) in [6.45, 7) is 4.16. The zero-order valence-electron chi connectivity index (χ0n) is 14.5. The van der Waals surface area contributed by atoms with Gasteiger partial charge in [0.05, 0.1) is 18.3 Å². The molecule has 0 bridgehead atoms. The standard InChI is InChI=1S/C18H24N4O2S/c1-11-2-3-13-14(8-11)25-17-16(13)18(24)22(10-20-17)12-4-6-21(7-5-12)9-15(19)23/h10-12H,2-9H2,1H3,(H2,19,23). The highest BCUT2D eigenvalue weighted by molar-refractivity contribution is 7.18. The van der Waals surface area contributed by atoms with E-state index in [4.69, 9.17) is 5.73 Å². The van der Waals surface area contributed by atoms with Gasteiger partial charge in [-0.25, -0.2) is 4.98 Å². The molecule has 1 saturated heterocycles. The summed E-state index contributed by atoms with van der Waals surface area (Å²) in [5, 5.41) is 0.856. The van der Waals surface area contributed by atoms with Crippen LogP contribution in [0.2, 0.25) is 0 Å². The van der Waals surface area contributed by atoms with E-state index in [9.17, 15) is 9.59 Å². The zero-order valence-corrected chi connectivity index (χ0v) is 15.3. The zero-order chi connectivity index (χ0) is 17.6. The Morgan fingerprint density at radius 1 is 1.36 bits per heavy atom. The first-order chi connectivity index (χ1) is 12.0. The van der Waals surface area contributed by atoms with Crippen molar-refractivity contribution in [2.45, 2.75) is 45.1 Å². The average Bonchev–Trinajstić information content (AvgIpc) is 2.94. The topological polar surface area (TPSA) is 81.2 Å². The number of hydrogen-bond acceptors (Lipinski definition) is 5. The minimum absolute atomic E-state index is 0.116. The number of thiophene rings is 1. The third-order valence-electron chi connectivity index (χ3n) is 5.57. The first kappa shape index (κ1) is 16.7. The summed E-state index contributed by atoms with van der Waals surface area (Å²) >= 11 is 1.70. The van der Waals surface area contributed by atoms with E-state index >= 15 is 0 Å². The van der Waals surface area contributed by atoms with Crippen LogP contribution in [0.1, 0.15) is 42.7 Å². The molecule has 4 rings (SSSR count). The van der Waals surface area contributed by atoms with Crippen molar-refractivity contribution in [3.8, 4) is 0 Å². The molecule has 134 valence electrons. The lowest BCUT2D eigenvalue weighted by molar-refractivity contribution is -0.119. The predicted molar refractivity (Wildman–Crippen MR) is 99.0 cm³/mol. The second-order valence-corrected chi connectivity index (χ2v) is 8.55. The number of aryl methyl sites for hydroxylation is 1. The number of rotatable bonds is 3. The Labute approximate surface area is 150 Å². The molecule has 6 nitrogen and oxygen atoms in total. The summed E-state index contributed by atoms with van der Waals surface area (Å²) in [6, 6.07) is 0.159. The van der Waals surface area contributed by atoms with Crippen LogP contribution in [0.3, 0.4) is 0 Å². The number of aromatic nitrogens is 2. The third-order valence-corrected chi connectivity index (χ3v) is 6.73. The van der Waals surface area contributed by atoms with E-state index in [0.717, 1.165) is 55.4 Å². The first-order valence-electron chi connectivity index (χ1n) is 9.05. The Kier molecular flexibility index (Phi) is 4.37. The molecule has 0 saturated carbocycles. The van der Waals surface area contributed by atoms with Crippen LogP contribution in [0.5, 0.6) is 0 Å². The fourth-order valence-corrected chi connectivity index (χ4v) is 5.52. The molecule has 1 aliphatic heterocycles. The summed E-state index contributed by atoms with van der Waals surface area (Å²) in [4.78, 5) is 33.1. The number of likely N-dealkylation sites (tertiary alicyclic amines) is 1. The second kappa shape index (κ2) is 6.53. The molecule has 1 fully saturated rings. The van der Waals surface area contributed by atoms with Gasteiger partial charge in [-0.05, 0) is 43.6 Å². The molecule has 1 aliphatic carbocycles. The van der Waals surface area contributed by atoms with E-state index < -0.39 is 0 Å². The van der Waals surface area contributed by atoms with E-state index in [1.165, 1.54) is 10.4 Å². The normalized spacial score (nSPS) is 22.2. The van der Waals surface area contributed by atoms with Gasteiger partial charge in [0.25, 0.3) is 5.56 Å². The number of fused-ring (bicyclic) bond motifs is 3. The number of nitrogens with zero attached hydrogens (tertiary/aromatic N) is 3. The van der Waals surface area contributed by atoms with Crippen LogP contribution >= 0.6 is 11.3 Å². The summed E-state index contributed by atoms with van der Waals surface area (Å²) in [5.74, 6) is 0.398. The smallest absolute Gasteiger partial charge is 0.262 e. The van der Waals surface area contributed by atoms with E-state index in [2.05, 4.69) is 16.8 Å². The van der Waals surface area contributed by atoms with Crippen molar-refractivity contribution >= 4 is 27.5 Å². The quantitative estimate of drug-likeness (QED) is 0.903. The molecule has 2 aromatic rings. The molecule has 2 N–H and O–H groups in total.